The van der Waals surface area contributed by atoms with Crippen molar-refractivity contribution >= 4 is 32.7 Å². The molecule has 39 heavy (non-hydrogen) atoms. The third kappa shape index (κ3) is 4.65. The van der Waals surface area contributed by atoms with E-state index in [0.717, 1.165) is 17.4 Å². The number of nitrogens with zero attached hydrogens (tertiary/aromatic N) is 6. The SMILES string of the molecule is CN(c1ccc2c(c1)CN(S(C)(=O)=O)CC2)c1ncc2c(-c3cc(C(F)(F)F)c(F)c(O)c3F)nn(C)c2n1. The van der Waals surface area contributed by atoms with E-state index in [1.165, 1.54) is 22.2 Å². The van der Waals surface area contributed by atoms with Crippen molar-refractivity contribution in [3.05, 3.63) is 58.8 Å². The van der Waals surface area contributed by atoms with Crippen LogP contribution in [0.5, 0.6) is 5.75 Å². The normalized spacial score (nSPS) is 14.6. The molecule has 15 heteroatoms. The van der Waals surface area contributed by atoms with Gasteiger partial charge < -0.3 is 10.0 Å². The second-order valence-electron chi connectivity index (χ2n) is 9.18. The van der Waals surface area contributed by atoms with Crippen molar-refractivity contribution in [1.29, 1.82) is 0 Å². The Hall–Kier alpha value is -3.85. The maximum absolute atomic E-state index is 14.7. The molecule has 1 N–H and O–H groups in total. The summed E-state index contributed by atoms with van der Waals surface area (Å²) in [5, 5.41) is 13.8. The van der Waals surface area contributed by atoms with Crippen molar-refractivity contribution in [3.8, 4) is 17.0 Å². The van der Waals surface area contributed by atoms with E-state index in [1.807, 2.05) is 18.2 Å². The van der Waals surface area contributed by atoms with E-state index in [2.05, 4.69) is 15.1 Å². The number of phenolic OH excluding ortho intramolecular Hbond substituents is 1. The molecule has 1 aliphatic heterocycles. The second-order valence-corrected chi connectivity index (χ2v) is 11.2. The van der Waals surface area contributed by atoms with Crippen molar-refractivity contribution in [2.24, 2.45) is 7.05 Å². The van der Waals surface area contributed by atoms with Gasteiger partial charge in [0.2, 0.25) is 16.0 Å². The van der Waals surface area contributed by atoms with Gasteiger partial charge in [-0.05, 0) is 35.7 Å². The molecule has 0 fully saturated rings. The number of aromatic nitrogens is 4. The van der Waals surface area contributed by atoms with Gasteiger partial charge in [-0.2, -0.15) is 27.6 Å². The van der Waals surface area contributed by atoms with E-state index < -0.39 is 44.7 Å². The van der Waals surface area contributed by atoms with Crippen molar-refractivity contribution in [2.45, 2.75) is 19.1 Å². The van der Waals surface area contributed by atoms with Crippen LogP contribution in [0.4, 0.5) is 33.6 Å². The zero-order chi connectivity index (χ0) is 28.4. The van der Waals surface area contributed by atoms with Gasteiger partial charge in [-0.1, -0.05) is 6.07 Å². The Balaban J connectivity index is 1.54. The largest absolute Gasteiger partial charge is 0.503 e. The number of hydrogen-bond acceptors (Lipinski definition) is 7. The summed E-state index contributed by atoms with van der Waals surface area (Å²) in [7, 11) is -0.254. The quantitative estimate of drug-likeness (QED) is 0.370. The van der Waals surface area contributed by atoms with Gasteiger partial charge in [0.25, 0.3) is 0 Å². The molecule has 0 spiro atoms. The van der Waals surface area contributed by atoms with E-state index in [9.17, 15) is 35.5 Å². The molecule has 0 saturated carbocycles. The number of rotatable bonds is 4. The van der Waals surface area contributed by atoms with Crippen LogP contribution in [0.1, 0.15) is 16.7 Å². The summed E-state index contributed by atoms with van der Waals surface area (Å²) in [5.74, 6) is -5.31. The molecule has 5 rings (SSSR count). The Labute approximate surface area is 219 Å². The highest BCUT2D eigenvalue weighted by atomic mass is 32.2. The first-order valence-corrected chi connectivity index (χ1v) is 13.3. The molecule has 2 aromatic heterocycles. The average Bonchev–Trinajstić information content (AvgIpc) is 3.20. The number of alkyl halides is 3. The molecule has 0 saturated heterocycles. The van der Waals surface area contributed by atoms with Crippen molar-refractivity contribution < 1.29 is 35.5 Å². The topological polar surface area (TPSA) is 104 Å². The van der Waals surface area contributed by atoms with Gasteiger partial charge in [0.15, 0.2) is 23.0 Å². The summed E-state index contributed by atoms with van der Waals surface area (Å²) in [6.45, 7) is 0.608. The van der Waals surface area contributed by atoms with Crippen LogP contribution in [-0.2, 0) is 36.2 Å². The Morgan fingerprint density at radius 1 is 1.10 bits per heavy atom. The van der Waals surface area contributed by atoms with Crippen LogP contribution in [0.3, 0.4) is 0 Å². The number of fused-ring (bicyclic) bond motifs is 2. The molecule has 3 heterocycles. The molecule has 9 nitrogen and oxygen atoms in total. The summed E-state index contributed by atoms with van der Waals surface area (Å²) in [5.41, 5.74) is -0.282. The predicted molar refractivity (Wildman–Crippen MR) is 132 cm³/mol. The van der Waals surface area contributed by atoms with Gasteiger partial charge in [0.1, 0.15) is 5.69 Å². The molecule has 206 valence electrons. The fourth-order valence-electron chi connectivity index (χ4n) is 4.52. The highest BCUT2D eigenvalue weighted by Gasteiger charge is 2.38. The molecular formula is C24H21F5N6O3S. The van der Waals surface area contributed by atoms with E-state index in [-0.39, 0.29) is 35.3 Å². The molecule has 0 atom stereocenters. The van der Waals surface area contributed by atoms with Crippen LogP contribution in [0.25, 0.3) is 22.3 Å². The number of aromatic hydroxyl groups is 1. The van der Waals surface area contributed by atoms with Gasteiger partial charge in [-0.3, -0.25) is 0 Å². The Bertz CT molecular complexity index is 1740. The number of aryl methyl sites for hydroxylation is 1. The van der Waals surface area contributed by atoms with Gasteiger partial charge in [0, 0.05) is 44.6 Å². The zero-order valence-corrected chi connectivity index (χ0v) is 21.6. The summed E-state index contributed by atoms with van der Waals surface area (Å²) in [4.78, 5) is 10.3. The van der Waals surface area contributed by atoms with Crippen molar-refractivity contribution in [3.63, 3.8) is 0 Å². The van der Waals surface area contributed by atoms with Gasteiger partial charge in [0.05, 0.1) is 17.2 Å². The van der Waals surface area contributed by atoms with Crippen molar-refractivity contribution in [1.82, 2.24) is 24.1 Å². The number of benzene rings is 2. The molecule has 2 aromatic carbocycles. The first-order chi connectivity index (χ1) is 18.2. The lowest BCUT2D eigenvalue weighted by atomic mass is 10.0. The Morgan fingerprint density at radius 3 is 2.49 bits per heavy atom. The molecule has 0 bridgehead atoms. The zero-order valence-electron chi connectivity index (χ0n) is 20.8. The lowest BCUT2D eigenvalue weighted by Gasteiger charge is -2.28. The number of anilines is 2. The average molecular weight is 569 g/mol. The molecular weight excluding hydrogens is 547 g/mol. The summed E-state index contributed by atoms with van der Waals surface area (Å²) in [6.07, 6.45) is -2.22. The highest BCUT2D eigenvalue weighted by Crippen LogP contribution is 2.41. The third-order valence-electron chi connectivity index (χ3n) is 6.63. The van der Waals surface area contributed by atoms with E-state index >= 15 is 0 Å². The summed E-state index contributed by atoms with van der Waals surface area (Å²) >= 11 is 0. The van der Waals surface area contributed by atoms with Gasteiger partial charge >= 0.3 is 6.18 Å². The van der Waals surface area contributed by atoms with Gasteiger partial charge in [-0.15, -0.1) is 0 Å². The number of phenols is 1. The minimum absolute atomic E-state index is 0.0712. The molecule has 0 aliphatic carbocycles. The minimum Gasteiger partial charge on any atom is -0.503 e. The first kappa shape index (κ1) is 26.7. The van der Waals surface area contributed by atoms with Crippen molar-refractivity contribution in [2.75, 3.05) is 24.7 Å². The van der Waals surface area contributed by atoms with E-state index in [4.69, 9.17) is 0 Å². The van der Waals surface area contributed by atoms with Crippen LogP contribution in [-0.4, -0.2) is 57.4 Å². The monoisotopic (exact) mass is 568 g/mol. The molecule has 1 aliphatic rings. The van der Waals surface area contributed by atoms with Crippen LogP contribution < -0.4 is 4.90 Å². The first-order valence-electron chi connectivity index (χ1n) is 11.5. The maximum Gasteiger partial charge on any atom is 0.419 e. The van der Waals surface area contributed by atoms with E-state index in [1.54, 1.807) is 11.9 Å². The highest BCUT2D eigenvalue weighted by molar-refractivity contribution is 7.88. The summed E-state index contributed by atoms with van der Waals surface area (Å²) < 4.78 is 95.2. The standard InChI is InChI=1S/C24H21F5N6O3S/c1-33(14-5-4-12-6-7-35(39(3,37)38)11-13(12)8-14)23-30-10-16-20(32-34(2)22(16)31-23)15-9-17(24(27,28)29)19(26)21(36)18(15)25/h4-5,8-10,36H,6-7,11H2,1-3H3. The Kier molecular flexibility index (Phi) is 6.25. The van der Waals surface area contributed by atoms with Crippen LogP contribution in [0.2, 0.25) is 0 Å². The van der Waals surface area contributed by atoms with Crippen LogP contribution in [0, 0.1) is 11.6 Å². The Morgan fingerprint density at radius 2 is 1.82 bits per heavy atom. The minimum atomic E-state index is -5.19. The lowest BCUT2D eigenvalue weighted by Crippen LogP contribution is -2.35. The smallest absolute Gasteiger partial charge is 0.419 e. The fourth-order valence-corrected chi connectivity index (χ4v) is 5.31. The predicted octanol–water partition coefficient (Wildman–Crippen LogP) is 4.12. The maximum atomic E-state index is 14.7. The molecule has 0 amide bonds. The molecule has 4 aromatic rings. The van der Waals surface area contributed by atoms with Crippen LogP contribution in [0.15, 0.2) is 30.5 Å². The summed E-state index contributed by atoms with van der Waals surface area (Å²) in [6, 6.07) is 5.79. The lowest BCUT2D eigenvalue weighted by molar-refractivity contribution is -0.140. The fraction of sp³-hybridized carbons (Fsp3) is 0.292. The van der Waals surface area contributed by atoms with E-state index in [0.29, 0.717) is 18.7 Å². The second kappa shape index (κ2) is 9.12. The van der Waals surface area contributed by atoms with Crippen LogP contribution >= 0.6 is 0 Å². The number of hydrogen-bond donors (Lipinski definition) is 1. The molecule has 0 radical (unpaired) electrons. The van der Waals surface area contributed by atoms with Gasteiger partial charge in [-0.25, -0.2) is 26.9 Å². The number of sulfonamides is 1. The number of halogens is 5. The third-order valence-corrected chi connectivity index (χ3v) is 7.88. The molecule has 0 unspecified atom stereocenters.